The molecule has 0 aromatic carbocycles. The van der Waals surface area contributed by atoms with E-state index in [4.69, 9.17) is 0 Å². The van der Waals surface area contributed by atoms with Crippen LogP contribution in [0.5, 0.6) is 0 Å². The average molecular weight is 300 g/mol. The average Bonchev–Trinajstić information content (AvgIpc) is 2.16. The van der Waals surface area contributed by atoms with Gasteiger partial charge < -0.3 is 0 Å². The first-order valence-corrected chi connectivity index (χ1v) is 9.89. The molecule has 0 N–H and O–H groups in total. The van der Waals surface area contributed by atoms with E-state index in [9.17, 15) is 0 Å². The van der Waals surface area contributed by atoms with E-state index in [0.717, 1.165) is 39.9 Å². The maximum atomic E-state index is 2.46. The molecular weight excluding hydrogens is 271 g/mol. The summed E-state index contributed by atoms with van der Waals surface area (Å²) in [5.41, 5.74) is 0. The van der Waals surface area contributed by atoms with Crippen molar-refractivity contribution in [1.29, 1.82) is 0 Å². The number of rotatable bonds is 8. The van der Waals surface area contributed by atoms with Gasteiger partial charge in [-0.15, -0.1) is 0 Å². The Balaban J connectivity index is 3.39. The second-order valence-corrected chi connectivity index (χ2v) is 9.52. The van der Waals surface area contributed by atoms with Crippen molar-refractivity contribution in [3.8, 4) is 0 Å². The van der Waals surface area contributed by atoms with Gasteiger partial charge in [-0.2, -0.15) is 0 Å². The van der Waals surface area contributed by atoms with Crippen molar-refractivity contribution in [3.05, 3.63) is 0 Å². The van der Waals surface area contributed by atoms with Crippen LogP contribution in [0.15, 0.2) is 0 Å². The van der Waals surface area contributed by atoms with Gasteiger partial charge in [0, 0.05) is 0 Å². The van der Waals surface area contributed by atoms with Crippen LogP contribution in [-0.2, 0) is 0 Å². The van der Waals surface area contributed by atoms with Crippen LogP contribution in [0.4, 0.5) is 0 Å². The molecule has 0 nitrogen and oxygen atoms in total. The van der Waals surface area contributed by atoms with E-state index in [1.54, 1.807) is 0 Å². The van der Waals surface area contributed by atoms with Gasteiger partial charge in [0.05, 0.1) is 0 Å². The first-order chi connectivity index (χ1) is 6.59. The molecule has 0 aromatic rings. The minimum absolute atomic E-state index is 0.862. The topological polar surface area (TPSA) is 0 Å². The Bertz CT molecular complexity index is 120. The Hall–Kier alpha value is 0.870. The maximum absolute atomic E-state index is 2.46. The van der Waals surface area contributed by atoms with Gasteiger partial charge in [0.15, 0.2) is 0 Å². The van der Waals surface area contributed by atoms with E-state index in [2.05, 4.69) is 27.7 Å². The molecule has 14 heavy (non-hydrogen) atoms. The van der Waals surface area contributed by atoms with Crippen LogP contribution < -0.4 is 0 Å². The zero-order valence-electron chi connectivity index (χ0n) is 11.0. The zero-order valence-corrected chi connectivity index (χ0v) is 16.7. The summed E-state index contributed by atoms with van der Waals surface area (Å²) in [4.78, 5) is 0. The SMILES string of the molecule is CCCCCCC[CH]([InH2])C(C)C(C)C. The van der Waals surface area contributed by atoms with E-state index >= 15 is 0 Å². The van der Waals surface area contributed by atoms with Gasteiger partial charge in [-0.1, -0.05) is 0 Å². The van der Waals surface area contributed by atoms with Gasteiger partial charge in [0.2, 0.25) is 0 Å². The van der Waals surface area contributed by atoms with E-state index in [-0.39, 0.29) is 0 Å². The number of unbranched alkanes of at least 4 members (excludes halogenated alkanes) is 4. The third-order valence-electron chi connectivity index (χ3n) is 3.71. The molecule has 0 heterocycles. The summed E-state index contributed by atoms with van der Waals surface area (Å²) in [6.07, 6.45) is 8.78. The van der Waals surface area contributed by atoms with Crippen LogP contribution in [0.1, 0.15) is 66.2 Å². The van der Waals surface area contributed by atoms with E-state index in [1.807, 2.05) is 0 Å². The van der Waals surface area contributed by atoms with Crippen LogP contribution >= 0.6 is 0 Å². The minimum atomic E-state index is 0.862. The van der Waals surface area contributed by atoms with Gasteiger partial charge >= 0.3 is 106 Å². The molecule has 0 aliphatic carbocycles. The van der Waals surface area contributed by atoms with Crippen molar-refractivity contribution in [1.82, 2.24) is 0 Å². The molecule has 0 aliphatic heterocycles. The Morgan fingerprint density at radius 2 is 1.50 bits per heavy atom. The Morgan fingerprint density at radius 3 is 2.00 bits per heavy atom. The summed E-state index contributed by atoms with van der Waals surface area (Å²) < 4.78 is 1.12. The quantitative estimate of drug-likeness (QED) is 0.593. The third kappa shape index (κ3) is 7.20. The van der Waals surface area contributed by atoms with Crippen molar-refractivity contribution < 1.29 is 0 Å². The standard InChI is InChI=1S/C13H27.In.2H/c1-5-6-7-8-9-10-11-13(4)12(2)3;;;/h11-13H,5-10H2,1-4H3;;;. The van der Waals surface area contributed by atoms with Crippen LogP contribution in [0.3, 0.4) is 0 Å². The molecule has 0 aliphatic rings. The Morgan fingerprint density at radius 1 is 0.929 bits per heavy atom. The van der Waals surface area contributed by atoms with Crippen LogP contribution in [0, 0.1) is 11.8 Å². The zero-order chi connectivity index (χ0) is 11.0. The van der Waals surface area contributed by atoms with E-state index < -0.39 is 0 Å². The molecule has 0 amide bonds. The molecule has 0 saturated carbocycles. The first-order valence-electron chi connectivity index (χ1n) is 6.59. The molecule has 0 spiro atoms. The first kappa shape index (κ1) is 14.9. The summed E-state index contributed by atoms with van der Waals surface area (Å²) >= 11 is 0.862. The molecular formula is C13H29In. The Kier molecular flexibility index (Phi) is 9.69. The van der Waals surface area contributed by atoms with Gasteiger partial charge in [-0.05, 0) is 0 Å². The summed E-state index contributed by atoms with van der Waals surface area (Å²) in [5, 5.41) is 0. The second-order valence-electron chi connectivity index (χ2n) is 5.28. The van der Waals surface area contributed by atoms with Crippen LogP contribution in [-0.4, -0.2) is 24.4 Å². The van der Waals surface area contributed by atoms with Gasteiger partial charge in [-0.3, -0.25) is 0 Å². The Labute approximate surface area is 106 Å². The predicted molar refractivity (Wildman–Crippen MR) is 69.7 cm³/mol. The predicted octanol–water partition coefficient (Wildman–Crippen LogP) is 4.06. The van der Waals surface area contributed by atoms with Crippen LogP contribution in [0.2, 0.25) is 3.67 Å². The summed E-state index contributed by atoms with van der Waals surface area (Å²) in [5.74, 6) is 1.88. The van der Waals surface area contributed by atoms with Crippen molar-refractivity contribution in [2.75, 3.05) is 0 Å². The fourth-order valence-electron chi connectivity index (χ4n) is 1.99. The molecule has 0 bridgehead atoms. The van der Waals surface area contributed by atoms with E-state index in [1.165, 1.54) is 38.5 Å². The second kappa shape index (κ2) is 9.12. The van der Waals surface area contributed by atoms with Crippen molar-refractivity contribution in [2.45, 2.75) is 69.9 Å². The molecule has 0 rings (SSSR count). The van der Waals surface area contributed by atoms with Crippen LogP contribution in [0.25, 0.3) is 0 Å². The third-order valence-corrected chi connectivity index (χ3v) is 8.36. The van der Waals surface area contributed by atoms with Gasteiger partial charge in [0.25, 0.3) is 0 Å². The molecule has 1 heteroatoms. The van der Waals surface area contributed by atoms with Crippen molar-refractivity contribution in [3.63, 3.8) is 0 Å². The fraction of sp³-hybridized carbons (Fsp3) is 1.00. The number of hydrogen-bond donors (Lipinski definition) is 0. The summed E-state index contributed by atoms with van der Waals surface area (Å²) in [7, 11) is 0. The summed E-state index contributed by atoms with van der Waals surface area (Å²) in [6, 6.07) is 0. The molecule has 0 radical (unpaired) electrons. The fourth-order valence-corrected chi connectivity index (χ4v) is 5.35. The molecule has 2 atom stereocenters. The van der Waals surface area contributed by atoms with E-state index in [0.29, 0.717) is 0 Å². The number of hydrogen-bond acceptors (Lipinski definition) is 0. The monoisotopic (exact) mass is 300 g/mol. The van der Waals surface area contributed by atoms with Crippen molar-refractivity contribution in [2.24, 2.45) is 11.8 Å². The molecule has 84 valence electrons. The summed E-state index contributed by atoms with van der Waals surface area (Å²) in [6.45, 7) is 9.51. The molecule has 0 saturated heterocycles. The van der Waals surface area contributed by atoms with Crippen molar-refractivity contribution >= 4 is 24.4 Å². The van der Waals surface area contributed by atoms with Gasteiger partial charge in [0.1, 0.15) is 0 Å². The normalized spacial score (nSPS) is 15.8. The molecule has 0 aromatic heterocycles. The van der Waals surface area contributed by atoms with Gasteiger partial charge in [-0.25, -0.2) is 0 Å². The molecule has 2 unspecified atom stereocenters. The molecule has 0 fully saturated rings.